The van der Waals surface area contributed by atoms with Crippen LogP contribution >= 0.6 is 31.9 Å². The highest BCUT2D eigenvalue weighted by Crippen LogP contribution is 2.38. The van der Waals surface area contributed by atoms with E-state index in [2.05, 4.69) is 41.8 Å². The number of nitrogens with one attached hydrogen (secondary N) is 1. The molecule has 0 aliphatic rings. The van der Waals surface area contributed by atoms with Gasteiger partial charge in [0.15, 0.2) is 0 Å². The number of ether oxygens (including phenoxy) is 1. The Balaban J connectivity index is 2.21. The van der Waals surface area contributed by atoms with Crippen LogP contribution in [0, 0.1) is 0 Å². The van der Waals surface area contributed by atoms with Crippen molar-refractivity contribution < 1.29 is 4.74 Å². The smallest absolute Gasteiger partial charge is 0.144 e. The molecule has 0 atom stereocenters. The zero-order chi connectivity index (χ0) is 14.1. The predicted molar refractivity (Wildman–Crippen MR) is 88.1 cm³/mol. The van der Waals surface area contributed by atoms with Gasteiger partial charge in [-0.05, 0) is 47.1 Å². The zero-order valence-electron chi connectivity index (χ0n) is 10.8. The van der Waals surface area contributed by atoms with Crippen molar-refractivity contribution in [3.63, 3.8) is 0 Å². The first kappa shape index (κ1) is 13.6. The fourth-order valence-electron chi connectivity index (χ4n) is 2.11. The summed E-state index contributed by atoms with van der Waals surface area (Å²) in [5.41, 5.74) is 2.89. The van der Waals surface area contributed by atoms with Crippen LogP contribution in [0.15, 0.2) is 45.3 Å². The topological polar surface area (TPSA) is 37.9 Å². The van der Waals surface area contributed by atoms with Gasteiger partial charge in [0.2, 0.25) is 0 Å². The highest BCUT2D eigenvalue weighted by molar-refractivity contribution is 9.11. The Morgan fingerprint density at radius 1 is 1.20 bits per heavy atom. The molecule has 2 aromatic carbocycles. The SMILES string of the molecule is CCOc1c(Br)cc(Br)cc1-c1nc2ccccc2[nH]1. The van der Waals surface area contributed by atoms with E-state index in [4.69, 9.17) is 4.74 Å². The van der Waals surface area contributed by atoms with E-state index in [1.165, 1.54) is 0 Å². The molecule has 1 aromatic heterocycles. The molecule has 3 nitrogen and oxygen atoms in total. The van der Waals surface area contributed by atoms with Crippen molar-refractivity contribution in [3.05, 3.63) is 45.3 Å². The van der Waals surface area contributed by atoms with E-state index < -0.39 is 0 Å². The van der Waals surface area contributed by atoms with Crippen LogP contribution in [-0.2, 0) is 0 Å². The molecule has 0 saturated heterocycles. The first-order valence-electron chi connectivity index (χ1n) is 6.26. The van der Waals surface area contributed by atoms with Gasteiger partial charge in [0, 0.05) is 4.47 Å². The van der Waals surface area contributed by atoms with Gasteiger partial charge in [-0.2, -0.15) is 0 Å². The summed E-state index contributed by atoms with van der Waals surface area (Å²) in [6, 6.07) is 11.9. The Morgan fingerprint density at radius 3 is 2.75 bits per heavy atom. The number of H-pyrrole nitrogens is 1. The number of hydrogen-bond acceptors (Lipinski definition) is 2. The molecule has 102 valence electrons. The molecule has 0 fully saturated rings. The molecule has 0 bridgehead atoms. The molecule has 1 heterocycles. The fraction of sp³-hybridized carbons (Fsp3) is 0.133. The van der Waals surface area contributed by atoms with Crippen molar-refractivity contribution in [2.75, 3.05) is 6.61 Å². The molecular weight excluding hydrogens is 384 g/mol. The Bertz CT molecular complexity index is 735. The maximum absolute atomic E-state index is 5.75. The first-order chi connectivity index (χ1) is 9.69. The maximum atomic E-state index is 5.75. The van der Waals surface area contributed by atoms with Crippen LogP contribution in [0.1, 0.15) is 6.92 Å². The Morgan fingerprint density at radius 2 is 2.00 bits per heavy atom. The molecule has 0 unspecified atom stereocenters. The number of hydrogen-bond donors (Lipinski definition) is 1. The van der Waals surface area contributed by atoms with Crippen LogP contribution in [0.2, 0.25) is 0 Å². The summed E-state index contributed by atoms with van der Waals surface area (Å²) in [7, 11) is 0. The van der Waals surface area contributed by atoms with E-state index >= 15 is 0 Å². The van der Waals surface area contributed by atoms with Crippen LogP contribution < -0.4 is 4.74 Å². The fourth-order valence-corrected chi connectivity index (χ4v) is 3.45. The average molecular weight is 396 g/mol. The maximum Gasteiger partial charge on any atom is 0.144 e. The summed E-state index contributed by atoms with van der Waals surface area (Å²) in [6.07, 6.45) is 0. The van der Waals surface area contributed by atoms with E-state index in [-0.39, 0.29) is 0 Å². The van der Waals surface area contributed by atoms with Gasteiger partial charge < -0.3 is 9.72 Å². The van der Waals surface area contributed by atoms with Crippen molar-refractivity contribution in [2.45, 2.75) is 6.92 Å². The number of aromatic nitrogens is 2. The lowest BCUT2D eigenvalue weighted by Crippen LogP contribution is -1.96. The first-order valence-corrected chi connectivity index (χ1v) is 7.84. The highest BCUT2D eigenvalue weighted by Gasteiger charge is 2.15. The summed E-state index contributed by atoms with van der Waals surface area (Å²) in [6.45, 7) is 2.57. The lowest BCUT2D eigenvalue weighted by Gasteiger charge is -2.11. The molecule has 0 saturated carbocycles. The molecule has 5 heteroatoms. The minimum Gasteiger partial charge on any atom is -0.492 e. The van der Waals surface area contributed by atoms with E-state index in [1.807, 2.05) is 43.3 Å². The molecule has 20 heavy (non-hydrogen) atoms. The van der Waals surface area contributed by atoms with Gasteiger partial charge >= 0.3 is 0 Å². The van der Waals surface area contributed by atoms with Gasteiger partial charge in [-0.25, -0.2) is 4.98 Å². The Labute approximate surface area is 133 Å². The highest BCUT2D eigenvalue weighted by atomic mass is 79.9. The second-order valence-corrected chi connectivity index (χ2v) is 6.07. The van der Waals surface area contributed by atoms with Crippen molar-refractivity contribution in [1.82, 2.24) is 9.97 Å². The van der Waals surface area contributed by atoms with Crippen molar-refractivity contribution in [3.8, 4) is 17.1 Å². The number of para-hydroxylation sites is 2. The van der Waals surface area contributed by atoms with Crippen LogP contribution in [0.5, 0.6) is 5.75 Å². The van der Waals surface area contributed by atoms with Gasteiger partial charge in [-0.1, -0.05) is 28.1 Å². The third kappa shape index (κ3) is 2.47. The normalized spacial score (nSPS) is 10.9. The third-order valence-corrected chi connectivity index (χ3v) is 3.99. The Hall–Kier alpha value is -1.33. The van der Waals surface area contributed by atoms with Gasteiger partial charge in [0.1, 0.15) is 11.6 Å². The van der Waals surface area contributed by atoms with Crippen molar-refractivity contribution in [1.29, 1.82) is 0 Å². The van der Waals surface area contributed by atoms with Crippen LogP contribution in [0.25, 0.3) is 22.4 Å². The second kappa shape index (κ2) is 5.58. The minimum atomic E-state index is 0.605. The van der Waals surface area contributed by atoms with Gasteiger partial charge in [-0.15, -0.1) is 0 Å². The summed E-state index contributed by atoms with van der Waals surface area (Å²) in [5.74, 6) is 1.60. The van der Waals surface area contributed by atoms with E-state index in [0.29, 0.717) is 6.61 Å². The largest absolute Gasteiger partial charge is 0.492 e. The lowest BCUT2D eigenvalue weighted by atomic mass is 10.2. The zero-order valence-corrected chi connectivity index (χ0v) is 14.0. The summed E-state index contributed by atoms with van der Waals surface area (Å²) < 4.78 is 7.63. The predicted octanol–water partition coefficient (Wildman–Crippen LogP) is 5.15. The number of aromatic amines is 1. The second-order valence-electron chi connectivity index (χ2n) is 4.30. The standard InChI is InChI=1S/C15H12Br2N2O/c1-2-20-14-10(7-9(16)8-11(14)17)15-18-12-5-3-4-6-13(12)19-15/h3-8H,2H2,1H3,(H,18,19). The van der Waals surface area contributed by atoms with Crippen molar-refractivity contribution >= 4 is 42.9 Å². The number of halogens is 2. The third-order valence-electron chi connectivity index (χ3n) is 2.94. The molecule has 0 aliphatic heterocycles. The number of fused-ring (bicyclic) bond motifs is 1. The van der Waals surface area contributed by atoms with E-state index in [9.17, 15) is 0 Å². The van der Waals surface area contributed by atoms with E-state index in [0.717, 1.165) is 37.1 Å². The monoisotopic (exact) mass is 394 g/mol. The molecule has 0 aliphatic carbocycles. The van der Waals surface area contributed by atoms with Gasteiger partial charge in [0.25, 0.3) is 0 Å². The molecule has 3 rings (SSSR count). The molecular formula is C15H12Br2N2O. The molecule has 0 radical (unpaired) electrons. The van der Waals surface area contributed by atoms with Crippen LogP contribution in [-0.4, -0.2) is 16.6 Å². The van der Waals surface area contributed by atoms with Crippen molar-refractivity contribution in [2.24, 2.45) is 0 Å². The van der Waals surface area contributed by atoms with Gasteiger partial charge in [-0.3, -0.25) is 0 Å². The molecule has 0 amide bonds. The number of benzene rings is 2. The molecule has 0 spiro atoms. The number of imidazole rings is 1. The summed E-state index contributed by atoms with van der Waals surface area (Å²) in [4.78, 5) is 7.96. The average Bonchev–Trinajstić information content (AvgIpc) is 2.85. The molecule has 1 N–H and O–H groups in total. The van der Waals surface area contributed by atoms with Gasteiger partial charge in [0.05, 0.1) is 27.7 Å². The summed E-state index contributed by atoms with van der Waals surface area (Å²) >= 11 is 7.06. The minimum absolute atomic E-state index is 0.605. The lowest BCUT2D eigenvalue weighted by molar-refractivity contribution is 0.339. The summed E-state index contributed by atoms with van der Waals surface area (Å²) in [5, 5.41) is 0. The van der Waals surface area contributed by atoms with Crippen LogP contribution in [0.3, 0.4) is 0 Å². The Kier molecular flexibility index (Phi) is 3.81. The quantitative estimate of drug-likeness (QED) is 0.665. The number of rotatable bonds is 3. The van der Waals surface area contributed by atoms with Crippen LogP contribution in [0.4, 0.5) is 0 Å². The van der Waals surface area contributed by atoms with E-state index in [1.54, 1.807) is 0 Å². The number of nitrogens with zero attached hydrogens (tertiary/aromatic N) is 1. The molecule has 3 aromatic rings.